The molecule has 24 heavy (non-hydrogen) atoms. The van der Waals surface area contributed by atoms with Crippen LogP contribution in [-0.2, 0) is 16.1 Å². The number of amides is 1. The second-order valence-corrected chi connectivity index (χ2v) is 5.50. The molecule has 0 aromatic heterocycles. The van der Waals surface area contributed by atoms with Crippen molar-refractivity contribution in [1.29, 1.82) is 0 Å². The van der Waals surface area contributed by atoms with Crippen LogP contribution in [0.5, 0.6) is 5.75 Å². The molecule has 1 aromatic carbocycles. The van der Waals surface area contributed by atoms with Crippen LogP contribution in [0.2, 0.25) is 0 Å². The summed E-state index contributed by atoms with van der Waals surface area (Å²) in [6, 6.07) is 7.33. The fourth-order valence-corrected chi connectivity index (χ4v) is 2.55. The number of hydrogen-bond acceptors (Lipinski definition) is 5. The van der Waals surface area contributed by atoms with Gasteiger partial charge in [-0.25, -0.2) is 0 Å². The molecule has 2 N–H and O–H groups in total. The fraction of sp³-hybridized carbons (Fsp3) is 0.562. The lowest BCUT2D eigenvalue weighted by Crippen LogP contribution is -2.50. The second kappa shape index (κ2) is 12.3. The molecule has 138 valence electrons. The summed E-state index contributed by atoms with van der Waals surface area (Å²) in [5, 5.41) is 12.6. The van der Waals surface area contributed by atoms with Crippen molar-refractivity contribution in [2.75, 3.05) is 53.0 Å². The van der Waals surface area contributed by atoms with Gasteiger partial charge in [0.15, 0.2) is 0 Å². The third kappa shape index (κ3) is 7.68. The number of carbonyl (C=O) groups excluding carboxylic acids is 1. The summed E-state index contributed by atoms with van der Waals surface area (Å²) < 4.78 is 4.94. The van der Waals surface area contributed by atoms with Gasteiger partial charge in [-0.3, -0.25) is 9.69 Å². The molecule has 1 aliphatic rings. The average molecular weight is 380 g/mol. The van der Waals surface area contributed by atoms with Crippen LogP contribution in [0, 0.1) is 0 Å². The number of hydrogen-bond donors (Lipinski definition) is 2. The molecule has 0 atom stereocenters. The minimum atomic E-state index is 0. The van der Waals surface area contributed by atoms with E-state index in [0.717, 1.165) is 38.3 Å². The molecule has 1 fully saturated rings. The third-order valence-corrected chi connectivity index (χ3v) is 3.80. The van der Waals surface area contributed by atoms with Gasteiger partial charge in [0.05, 0.1) is 13.2 Å². The zero-order chi connectivity index (χ0) is 15.8. The van der Waals surface area contributed by atoms with Crippen LogP contribution < -0.4 is 5.32 Å². The second-order valence-electron chi connectivity index (χ2n) is 5.50. The minimum absolute atomic E-state index is 0. The van der Waals surface area contributed by atoms with E-state index in [1.54, 1.807) is 19.2 Å². The third-order valence-electron chi connectivity index (χ3n) is 3.80. The predicted molar refractivity (Wildman–Crippen MR) is 99.2 cm³/mol. The molecule has 0 bridgehead atoms. The topological polar surface area (TPSA) is 65.0 Å². The first kappa shape index (κ1) is 22.9. The Morgan fingerprint density at radius 3 is 2.58 bits per heavy atom. The van der Waals surface area contributed by atoms with Gasteiger partial charge in [-0.1, -0.05) is 12.1 Å². The summed E-state index contributed by atoms with van der Waals surface area (Å²) in [6.07, 6.45) is 0. The number of phenols is 1. The molecule has 0 unspecified atom stereocenters. The number of aromatic hydroxyl groups is 1. The Morgan fingerprint density at radius 1 is 1.25 bits per heavy atom. The number of carbonyl (C=O) groups is 1. The molecule has 0 aliphatic carbocycles. The van der Waals surface area contributed by atoms with Crippen LogP contribution in [0.25, 0.3) is 0 Å². The van der Waals surface area contributed by atoms with Crippen molar-refractivity contribution in [2.45, 2.75) is 6.54 Å². The van der Waals surface area contributed by atoms with Gasteiger partial charge in [0.25, 0.3) is 0 Å². The zero-order valence-electron chi connectivity index (χ0n) is 13.9. The average Bonchev–Trinajstić information content (AvgIpc) is 2.52. The number of ether oxygens (including phenoxy) is 1. The standard InChI is InChI=1S/C16H25N3O3.2ClH/c1-22-10-5-17-12-16(21)19-8-6-18(7-9-19)13-14-3-2-4-15(20)11-14;;/h2-4,11,17,20H,5-10,12-13H2,1H3;2*1H. The number of benzene rings is 1. The zero-order valence-corrected chi connectivity index (χ0v) is 15.6. The highest BCUT2D eigenvalue weighted by molar-refractivity contribution is 5.85. The smallest absolute Gasteiger partial charge is 0.236 e. The van der Waals surface area contributed by atoms with Crippen molar-refractivity contribution in [3.05, 3.63) is 29.8 Å². The Bertz CT molecular complexity index is 483. The van der Waals surface area contributed by atoms with E-state index in [-0.39, 0.29) is 30.7 Å². The fourth-order valence-electron chi connectivity index (χ4n) is 2.55. The van der Waals surface area contributed by atoms with Gasteiger partial charge >= 0.3 is 0 Å². The number of nitrogens with one attached hydrogen (secondary N) is 1. The molecule has 1 aromatic rings. The lowest BCUT2D eigenvalue weighted by molar-refractivity contribution is -0.132. The number of halogens is 2. The van der Waals surface area contributed by atoms with Crippen LogP contribution >= 0.6 is 24.8 Å². The molecule has 2 rings (SSSR count). The molecule has 0 saturated carbocycles. The highest BCUT2D eigenvalue weighted by atomic mass is 35.5. The number of methoxy groups -OCH3 is 1. The van der Waals surface area contributed by atoms with Gasteiger partial charge in [-0.15, -0.1) is 24.8 Å². The lowest BCUT2D eigenvalue weighted by atomic mass is 10.2. The molecule has 0 radical (unpaired) electrons. The summed E-state index contributed by atoms with van der Waals surface area (Å²) in [5.41, 5.74) is 1.10. The molecule has 1 saturated heterocycles. The van der Waals surface area contributed by atoms with E-state index in [1.807, 2.05) is 17.0 Å². The van der Waals surface area contributed by atoms with Crippen molar-refractivity contribution >= 4 is 30.7 Å². The molecule has 8 heteroatoms. The number of phenolic OH excluding ortho intramolecular Hbond substituents is 1. The van der Waals surface area contributed by atoms with Gasteiger partial charge in [-0.2, -0.15) is 0 Å². The first-order valence-corrected chi connectivity index (χ1v) is 7.66. The van der Waals surface area contributed by atoms with Crippen LogP contribution in [0.3, 0.4) is 0 Å². The molecule has 0 spiro atoms. The first-order valence-electron chi connectivity index (χ1n) is 7.66. The van der Waals surface area contributed by atoms with Crippen LogP contribution in [-0.4, -0.2) is 73.8 Å². The Hall–Kier alpha value is -1.05. The van der Waals surface area contributed by atoms with E-state index >= 15 is 0 Å². The Morgan fingerprint density at radius 2 is 1.96 bits per heavy atom. The maximum absolute atomic E-state index is 12.0. The summed E-state index contributed by atoms with van der Waals surface area (Å²) in [7, 11) is 1.65. The number of piperazine rings is 1. The molecule has 1 aliphatic heterocycles. The van der Waals surface area contributed by atoms with Crippen molar-refractivity contribution in [3.63, 3.8) is 0 Å². The van der Waals surface area contributed by atoms with E-state index in [2.05, 4.69) is 10.2 Å². The van der Waals surface area contributed by atoms with E-state index in [4.69, 9.17) is 4.74 Å². The molecule has 6 nitrogen and oxygen atoms in total. The summed E-state index contributed by atoms with van der Waals surface area (Å²) >= 11 is 0. The largest absolute Gasteiger partial charge is 0.508 e. The number of nitrogens with zero attached hydrogens (tertiary/aromatic N) is 2. The van der Waals surface area contributed by atoms with Gasteiger partial charge < -0.3 is 20.1 Å². The van der Waals surface area contributed by atoms with Crippen LogP contribution in [0.15, 0.2) is 24.3 Å². The first-order chi connectivity index (χ1) is 10.7. The normalized spacial score (nSPS) is 14.6. The van der Waals surface area contributed by atoms with E-state index in [1.165, 1.54) is 0 Å². The minimum Gasteiger partial charge on any atom is -0.508 e. The summed E-state index contributed by atoms with van der Waals surface area (Å²) in [5.74, 6) is 0.446. The predicted octanol–water partition coefficient (Wildman–Crippen LogP) is 1.12. The Kier molecular flexibility index (Phi) is 11.8. The molecule has 1 amide bonds. The Balaban J connectivity index is 0.00000264. The summed E-state index contributed by atoms with van der Waals surface area (Å²) in [6.45, 7) is 5.72. The van der Waals surface area contributed by atoms with Crippen molar-refractivity contribution in [1.82, 2.24) is 15.1 Å². The van der Waals surface area contributed by atoms with Gasteiger partial charge in [0.1, 0.15) is 5.75 Å². The molecular weight excluding hydrogens is 353 g/mol. The van der Waals surface area contributed by atoms with E-state index in [9.17, 15) is 9.90 Å². The van der Waals surface area contributed by atoms with E-state index in [0.29, 0.717) is 25.4 Å². The SMILES string of the molecule is COCCNCC(=O)N1CCN(Cc2cccc(O)c2)CC1.Cl.Cl. The van der Waals surface area contributed by atoms with Gasteiger partial charge in [0.2, 0.25) is 5.91 Å². The van der Waals surface area contributed by atoms with Gasteiger partial charge in [0, 0.05) is 46.4 Å². The Labute approximate surface area is 156 Å². The van der Waals surface area contributed by atoms with Crippen LogP contribution in [0.1, 0.15) is 5.56 Å². The van der Waals surface area contributed by atoms with Crippen LogP contribution in [0.4, 0.5) is 0 Å². The highest BCUT2D eigenvalue weighted by Crippen LogP contribution is 2.14. The quantitative estimate of drug-likeness (QED) is 0.694. The number of rotatable bonds is 7. The maximum atomic E-state index is 12.0. The monoisotopic (exact) mass is 379 g/mol. The maximum Gasteiger partial charge on any atom is 0.236 e. The molecular formula is C16H27Cl2N3O3. The van der Waals surface area contributed by atoms with Crippen molar-refractivity contribution in [3.8, 4) is 5.75 Å². The lowest BCUT2D eigenvalue weighted by Gasteiger charge is -2.34. The van der Waals surface area contributed by atoms with E-state index < -0.39 is 0 Å². The summed E-state index contributed by atoms with van der Waals surface area (Å²) in [4.78, 5) is 16.2. The van der Waals surface area contributed by atoms with Crippen molar-refractivity contribution in [2.24, 2.45) is 0 Å². The highest BCUT2D eigenvalue weighted by Gasteiger charge is 2.20. The van der Waals surface area contributed by atoms with Crippen molar-refractivity contribution < 1.29 is 14.6 Å². The van der Waals surface area contributed by atoms with Gasteiger partial charge in [-0.05, 0) is 17.7 Å². The molecule has 1 heterocycles.